The highest BCUT2D eigenvalue weighted by Crippen LogP contribution is 2.24. The maximum absolute atomic E-state index is 12.0. The highest BCUT2D eigenvalue weighted by atomic mass is 19.4. The Morgan fingerprint density at radius 3 is 2.19 bits per heavy atom. The van der Waals surface area contributed by atoms with Gasteiger partial charge in [-0.1, -0.05) is 6.92 Å². The number of hydrogen-bond acceptors (Lipinski definition) is 2. The predicted molar refractivity (Wildman–Crippen MR) is 55.8 cm³/mol. The van der Waals surface area contributed by atoms with Crippen molar-refractivity contribution in [2.75, 3.05) is 20.1 Å². The van der Waals surface area contributed by atoms with Gasteiger partial charge in [-0.3, -0.25) is 4.79 Å². The molecule has 2 N–H and O–H groups in total. The van der Waals surface area contributed by atoms with E-state index in [1.165, 1.54) is 7.05 Å². The van der Waals surface area contributed by atoms with E-state index in [1.807, 2.05) is 0 Å². The average Bonchev–Trinajstić information content (AvgIpc) is 2.22. The van der Waals surface area contributed by atoms with Crippen LogP contribution < -0.4 is 5.73 Å². The van der Waals surface area contributed by atoms with Gasteiger partial charge in [-0.25, -0.2) is 0 Å². The van der Waals surface area contributed by atoms with E-state index in [0.717, 1.165) is 4.90 Å². The van der Waals surface area contributed by atoms with E-state index in [-0.39, 0.29) is 19.0 Å². The standard InChI is InChI=1S/C10H19F3N2O/c1-4-9(2,7-14)8(16)15(3)6-5-10(11,12)13/h4-7,14H2,1-3H3. The molecule has 6 heteroatoms. The van der Waals surface area contributed by atoms with Crippen molar-refractivity contribution in [3.63, 3.8) is 0 Å². The van der Waals surface area contributed by atoms with E-state index in [1.54, 1.807) is 13.8 Å². The van der Waals surface area contributed by atoms with Crippen LogP contribution in [0.5, 0.6) is 0 Å². The summed E-state index contributed by atoms with van der Waals surface area (Å²) in [5.41, 5.74) is 4.70. The molecular formula is C10H19F3N2O. The fourth-order valence-electron chi connectivity index (χ4n) is 1.24. The second-order valence-corrected chi connectivity index (χ2v) is 4.21. The summed E-state index contributed by atoms with van der Waals surface area (Å²) in [7, 11) is 1.37. The minimum absolute atomic E-state index is 0.138. The molecule has 1 atom stereocenters. The Balaban J connectivity index is 4.39. The predicted octanol–water partition coefficient (Wildman–Crippen LogP) is 1.77. The van der Waals surface area contributed by atoms with Gasteiger partial charge in [0.25, 0.3) is 0 Å². The van der Waals surface area contributed by atoms with Crippen molar-refractivity contribution in [2.24, 2.45) is 11.1 Å². The van der Waals surface area contributed by atoms with E-state index in [2.05, 4.69) is 0 Å². The third-order valence-electron chi connectivity index (χ3n) is 2.82. The molecule has 0 aromatic carbocycles. The van der Waals surface area contributed by atoms with Gasteiger partial charge in [0, 0.05) is 20.1 Å². The zero-order valence-corrected chi connectivity index (χ0v) is 9.90. The first-order valence-electron chi connectivity index (χ1n) is 5.18. The van der Waals surface area contributed by atoms with Crippen molar-refractivity contribution in [1.82, 2.24) is 4.90 Å². The number of nitrogens with two attached hydrogens (primary N) is 1. The van der Waals surface area contributed by atoms with Crippen molar-refractivity contribution in [3.05, 3.63) is 0 Å². The summed E-state index contributed by atoms with van der Waals surface area (Å²) in [6.07, 6.45) is -4.71. The van der Waals surface area contributed by atoms with Gasteiger partial charge in [0.05, 0.1) is 11.8 Å². The summed E-state index contributed by atoms with van der Waals surface area (Å²) < 4.78 is 35.9. The lowest BCUT2D eigenvalue weighted by molar-refractivity contribution is -0.149. The molecule has 0 radical (unpaired) electrons. The molecular weight excluding hydrogens is 221 g/mol. The summed E-state index contributed by atoms with van der Waals surface area (Å²) in [4.78, 5) is 12.9. The van der Waals surface area contributed by atoms with Gasteiger partial charge in [-0.05, 0) is 13.3 Å². The minimum atomic E-state index is -4.24. The summed E-state index contributed by atoms with van der Waals surface area (Å²) in [5.74, 6) is -0.332. The molecule has 0 aromatic rings. The van der Waals surface area contributed by atoms with Gasteiger partial charge in [-0.15, -0.1) is 0 Å². The van der Waals surface area contributed by atoms with Crippen LogP contribution in [0, 0.1) is 5.41 Å². The highest BCUT2D eigenvalue weighted by Gasteiger charge is 2.34. The van der Waals surface area contributed by atoms with Gasteiger partial charge >= 0.3 is 6.18 Å². The second kappa shape index (κ2) is 5.52. The maximum Gasteiger partial charge on any atom is 0.390 e. The fraction of sp³-hybridized carbons (Fsp3) is 0.900. The number of hydrogen-bond donors (Lipinski definition) is 1. The number of carbonyl (C=O) groups excluding carboxylic acids is 1. The number of amides is 1. The molecule has 0 aliphatic carbocycles. The van der Waals surface area contributed by atoms with Crippen LogP contribution in [0.25, 0.3) is 0 Å². The van der Waals surface area contributed by atoms with E-state index in [4.69, 9.17) is 5.73 Å². The molecule has 0 spiro atoms. The Morgan fingerprint density at radius 1 is 1.38 bits per heavy atom. The molecule has 0 heterocycles. The van der Waals surface area contributed by atoms with Gasteiger partial charge in [0.1, 0.15) is 0 Å². The van der Waals surface area contributed by atoms with E-state index < -0.39 is 18.0 Å². The molecule has 1 amide bonds. The van der Waals surface area contributed by atoms with E-state index in [9.17, 15) is 18.0 Å². The summed E-state index contributed by atoms with van der Waals surface area (Å²) in [5, 5.41) is 0. The first kappa shape index (κ1) is 15.2. The molecule has 96 valence electrons. The molecule has 1 unspecified atom stereocenters. The molecule has 0 aliphatic rings. The molecule has 0 saturated heterocycles. The van der Waals surface area contributed by atoms with Crippen molar-refractivity contribution >= 4 is 5.91 Å². The van der Waals surface area contributed by atoms with Gasteiger partial charge in [0.15, 0.2) is 0 Å². The smallest absolute Gasteiger partial charge is 0.345 e. The molecule has 0 bridgehead atoms. The number of rotatable bonds is 5. The van der Waals surface area contributed by atoms with Crippen LogP contribution in [0.3, 0.4) is 0 Å². The van der Waals surface area contributed by atoms with Crippen molar-refractivity contribution in [2.45, 2.75) is 32.9 Å². The first-order valence-corrected chi connectivity index (χ1v) is 5.18. The van der Waals surface area contributed by atoms with Gasteiger partial charge < -0.3 is 10.6 Å². The number of nitrogens with zero attached hydrogens (tertiary/aromatic N) is 1. The lowest BCUT2D eigenvalue weighted by Gasteiger charge is -2.30. The van der Waals surface area contributed by atoms with Crippen LogP contribution in [0.1, 0.15) is 26.7 Å². The molecule has 0 rings (SSSR count). The van der Waals surface area contributed by atoms with E-state index in [0.29, 0.717) is 6.42 Å². The lowest BCUT2D eigenvalue weighted by Crippen LogP contribution is -2.45. The molecule has 3 nitrogen and oxygen atoms in total. The van der Waals surface area contributed by atoms with Crippen molar-refractivity contribution < 1.29 is 18.0 Å². The van der Waals surface area contributed by atoms with Crippen molar-refractivity contribution in [3.8, 4) is 0 Å². The van der Waals surface area contributed by atoms with Gasteiger partial charge in [0.2, 0.25) is 5.91 Å². The topological polar surface area (TPSA) is 46.3 Å². The second-order valence-electron chi connectivity index (χ2n) is 4.21. The lowest BCUT2D eigenvalue weighted by atomic mass is 9.86. The Bertz CT molecular complexity index is 237. The molecule has 0 fully saturated rings. The van der Waals surface area contributed by atoms with E-state index >= 15 is 0 Å². The number of carbonyl (C=O) groups is 1. The van der Waals surface area contributed by atoms with Crippen LogP contribution in [-0.2, 0) is 4.79 Å². The summed E-state index contributed by atoms with van der Waals surface area (Å²) in [6, 6.07) is 0. The molecule has 0 aliphatic heterocycles. The quantitative estimate of drug-likeness (QED) is 0.796. The SMILES string of the molecule is CCC(C)(CN)C(=O)N(C)CCC(F)(F)F. The Labute approximate surface area is 93.8 Å². The Morgan fingerprint density at radius 2 is 1.88 bits per heavy atom. The van der Waals surface area contributed by atoms with Crippen LogP contribution in [0.4, 0.5) is 13.2 Å². The summed E-state index contributed by atoms with van der Waals surface area (Å²) >= 11 is 0. The highest BCUT2D eigenvalue weighted by molar-refractivity contribution is 5.82. The summed E-state index contributed by atoms with van der Waals surface area (Å²) in [6.45, 7) is 3.28. The Hall–Kier alpha value is -0.780. The zero-order valence-electron chi connectivity index (χ0n) is 9.90. The third kappa shape index (κ3) is 4.38. The largest absolute Gasteiger partial charge is 0.390 e. The molecule has 16 heavy (non-hydrogen) atoms. The minimum Gasteiger partial charge on any atom is -0.345 e. The third-order valence-corrected chi connectivity index (χ3v) is 2.82. The Kier molecular flexibility index (Phi) is 5.25. The van der Waals surface area contributed by atoms with Crippen molar-refractivity contribution in [1.29, 1.82) is 0 Å². The fourth-order valence-corrected chi connectivity index (χ4v) is 1.24. The van der Waals surface area contributed by atoms with Crippen LogP contribution in [0.15, 0.2) is 0 Å². The average molecular weight is 240 g/mol. The maximum atomic E-state index is 12.0. The molecule has 0 saturated carbocycles. The zero-order chi connectivity index (χ0) is 13.0. The van der Waals surface area contributed by atoms with Crippen LogP contribution >= 0.6 is 0 Å². The monoisotopic (exact) mass is 240 g/mol. The molecule has 0 aromatic heterocycles. The number of alkyl halides is 3. The normalized spacial score (nSPS) is 15.7. The first-order chi connectivity index (χ1) is 7.16. The van der Waals surface area contributed by atoms with Gasteiger partial charge in [-0.2, -0.15) is 13.2 Å². The number of halogens is 3. The van der Waals surface area contributed by atoms with Crippen LogP contribution in [0.2, 0.25) is 0 Å². The van der Waals surface area contributed by atoms with Crippen LogP contribution in [-0.4, -0.2) is 37.1 Å².